The molecule has 0 spiro atoms. The van der Waals surface area contributed by atoms with Crippen LogP contribution in [-0.2, 0) is 4.79 Å². The molecule has 1 N–H and O–H groups in total. The Hall–Kier alpha value is -2.02. The zero-order chi connectivity index (χ0) is 18.7. The normalized spacial score (nSPS) is 10.8. The van der Waals surface area contributed by atoms with E-state index in [1.807, 2.05) is 32.0 Å². The zero-order valence-corrected chi connectivity index (χ0v) is 16.4. The standard InChI is InChI=1S/C18H15Cl2N3O2S/c1-10-3-4-11(2)15(7-10)21-16(24)9-26-18-23-22-17(25-18)13-6-5-12(19)8-14(13)20/h3-8H,9H2,1-2H3,(H,21,24). The minimum atomic E-state index is -0.145. The molecule has 1 amide bonds. The van der Waals surface area contributed by atoms with Gasteiger partial charge in [0.25, 0.3) is 5.22 Å². The van der Waals surface area contributed by atoms with Crippen molar-refractivity contribution in [2.45, 2.75) is 19.1 Å². The van der Waals surface area contributed by atoms with Crippen molar-refractivity contribution < 1.29 is 9.21 Å². The summed E-state index contributed by atoms with van der Waals surface area (Å²) in [5, 5.41) is 12.0. The molecule has 5 nitrogen and oxygen atoms in total. The van der Waals surface area contributed by atoms with Crippen LogP contribution >= 0.6 is 35.0 Å². The number of nitrogens with one attached hydrogen (secondary N) is 1. The third-order valence-electron chi connectivity index (χ3n) is 3.56. The number of halogens is 2. The number of benzene rings is 2. The molecule has 0 unspecified atom stereocenters. The van der Waals surface area contributed by atoms with E-state index in [2.05, 4.69) is 15.5 Å². The number of amides is 1. The molecule has 26 heavy (non-hydrogen) atoms. The van der Waals surface area contributed by atoms with E-state index in [0.717, 1.165) is 28.6 Å². The van der Waals surface area contributed by atoms with Crippen LogP contribution in [0.25, 0.3) is 11.5 Å². The average Bonchev–Trinajstić information content (AvgIpc) is 3.05. The highest BCUT2D eigenvalue weighted by Gasteiger charge is 2.14. The van der Waals surface area contributed by atoms with Gasteiger partial charge in [0.05, 0.1) is 16.3 Å². The van der Waals surface area contributed by atoms with Crippen molar-refractivity contribution in [3.8, 4) is 11.5 Å². The fraction of sp³-hybridized carbons (Fsp3) is 0.167. The first-order valence-electron chi connectivity index (χ1n) is 7.71. The summed E-state index contributed by atoms with van der Waals surface area (Å²) in [7, 11) is 0. The smallest absolute Gasteiger partial charge is 0.277 e. The molecular formula is C18H15Cl2N3O2S. The number of carbonyl (C=O) groups is 1. The summed E-state index contributed by atoms with van der Waals surface area (Å²) in [6.45, 7) is 3.92. The Bertz CT molecular complexity index is 959. The van der Waals surface area contributed by atoms with Crippen molar-refractivity contribution in [1.29, 1.82) is 0 Å². The molecular weight excluding hydrogens is 393 g/mol. The Morgan fingerprint density at radius 2 is 1.96 bits per heavy atom. The van der Waals surface area contributed by atoms with E-state index in [9.17, 15) is 4.79 Å². The summed E-state index contributed by atoms with van der Waals surface area (Å²) in [5.41, 5.74) is 3.48. The molecule has 0 saturated carbocycles. The number of carbonyl (C=O) groups excluding carboxylic acids is 1. The predicted octanol–water partition coefficient (Wildman–Crippen LogP) is 5.39. The van der Waals surface area contributed by atoms with Crippen LogP contribution in [0.5, 0.6) is 0 Å². The monoisotopic (exact) mass is 407 g/mol. The predicted molar refractivity (Wildman–Crippen MR) is 105 cm³/mol. The first kappa shape index (κ1) is 18.8. The quantitative estimate of drug-likeness (QED) is 0.574. The minimum absolute atomic E-state index is 0.145. The van der Waals surface area contributed by atoms with Crippen molar-refractivity contribution in [3.63, 3.8) is 0 Å². The van der Waals surface area contributed by atoms with Crippen LogP contribution in [-0.4, -0.2) is 21.9 Å². The van der Waals surface area contributed by atoms with E-state index in [4.69, 9.17) is 27.6 Å². The fourth-order valence-electron chi connectivity index (χ4n) is 2.22. The van der Waals surface area contributed by atoms with E-state index < -0.39 is 0 Å². The molecule has 8 heteroatoms. The highest BCUT2D eigenvalue weighted by molar-refractivity contribution is 7.99. The van der Waals surface area contributed by atoms with Gasteiger partial charge in [-0.25, -0.2) is 0 Å². The number of nitrogens with zero attached hydrogens (tertiary/aromatic N) is 2. The highest BCUT2D eigenvalue weighted by atomic mass is 35.5. The number of rotatable bonds is 5. The Morgan fingerprint density at radius 3 is 2.73 bits per heavy atom. The van der Waals surface area contributed by atoms with Gasteiger partial charge in [-0.05, 0) is 49.2 Å². The number of thioether (sulfide) groups is 1. The first-order valence-corrected chi connectivity index (χ1v) is 9.45. The summed E-state index contributed by atoms with van der Waals surface area (Å²) in [6, 6.07) is 10.9. The molecule has 0 aliphatic carbocycles. The summed E-state index contributed by atoms with van der Waals surface area (Å²) in [5.74, 6) is 0.292. The SMILES string of the molecule is Cc1ccc(C)c(NC(=O)CSc2nnc(-c3ccc(Cl)cc3Cl)o2)c1. The molecule has 2 aromatic carbocycles. The second kappa shape index (κ2) is 8.12. The van der Waals surface area contributed by atoms with Crippen LogP contribution in [0.3, 0.4) is 0 Å². The van der Waals surface area contributed by atoms with E-state index >= 15 is 0 Å². The van der Waals surface area contributed by atoms with Crippen molar-refractivity contribution in [2.24, 2.45) is 0 Å². The zero-order valence-electron chi connectivity index (χ0n) is 14.0. The summed E-state index contributed by atoms with van der Waals surface area (Å²) < 4.78 is 5.57. The lowest BCUT2D eigenvalue weighted by Crippen LogP contribution is -2.14. The average molecular weight is 408 g/mol. The Kier molecular flexibility index (Phi) is 5.86. The molecule has 0 bridgehead atoms. The lowest BCUT2D eigenvalue weighted by atomic mass is 10.1. The van der Waals surface area contributed by atoms with E-state index in [1.54, 1.807) is 18.2 Å². The topological polar surface area (TPSA) is 68.0 Å². The van der Waals surface area contributed by atoms with Crippen molar-refractivity contribution in [1.82, 2.24) is 10.2 Å². The van der Waals surface area contributed by atoms with Gasteiger partial charge in [0.2, 0.25) is 11.8 Å². The Labute approximate surface area is 165 Å². The van der Waals surface area contributed by atoms with E-state index in [1.165, 1.54) is 0 Å². The van der Waals surface area contributed by atoms with Crippen molar-refractivity contribution in [3.05, 3.63) is 57.6 Å². The maximum atomic E-state index is 12.2. The van der Waals surface area contributed by atoms with Crippen molar-refractivity contribution in [2.75, 3.05) is 11.1 Å². The lowest BCUT2D eigenvalue weighted by molar-refractivity contribution is -0.113. The maximum absolute atomic E-state index is 12.2. The molecule has 0 radical (unpaired) electrons. The van der Waals surface area contributed by atoms with Crippen LogP contribution < -0.4 is 5.32 Å². The molecule has 1 heterocycles. The molecule has 1 aromatic heterocycles. The van der Waals surface area contributed by atoms with Crippen LogP contribution in [0.1, 0.15) is 11.1 Å². The second-order valence-corrected chi connectivity index (χ2v) is 7.42. The van der Waals surface area contributed by atoms with Crippen LogP contribution in [0.2, 0.25) is 10.0 Å². The number of hydrogen-bond donors (Lipinski definition) is 1. The molecule has 134 valence electrons. The summed E-state index contributed by atoms with van der Waals surface area (Å²) in [6.07, 6.45) is 0. The summed E-state index contributed by atoms with van der Waals surface area (Å²) in [4.78, 5) is 12.2. The number of aryl methyl sites for hydroxylation is 2. The van der Waals surface area contributed by atoms with Crippen LogP contribution in [0, 0.1) is 13.8 Å². The third-order valence-corrected chi connectivity index (χ3v) is 4.93. The van der Waals surface area contributed by atoms with E-state index in [0.29, 0.717) is 20.8 Å². The first-order chi connectivity index (χ1) is 12.4. The molecule has 0 aliphatic heterocycles. The summed E-state index contributed by atoms with van der Waals surface area (Å²) >= 11 is 13.2. The van der Waals surface area contributed by atoms with Gasteiger partial charge < -0.3 is 9.73 Å². The molecule has 0 atom stereocenters. The minimum Gasteiger partial charge on any atom is -0.411 e. The van der Waals surface area contributed by atoms with Gasteiger partial charge in [-0.3, -0.25) is 4.79 Å². The van der Waals surface area contributed by atoms with Gasteiger partial charge >= 0.3 is 0 Å². The van der Waals surface area contributed by atoms with Crippen molar-refractivity contribution >= 4 is 46.6 Å². The van der Waals surface area contributed by atoms with E-state index in [-0.39, 0.29) is 17.6 Å². The fourth-order valence-corrected chi connectivity index (χ4v) is 3.28. The van der Waals surface area contributed by atoms with Crippen LogP contribution in [0.15, 0.2) is 46.0 Å². The van der Waals surface area contributed by atoms with Gasteiger partial charge in [0.1, 0.15) is 0 Å². The van der Waals surface area contributed by atoms with Gasteiger partial charge in [0.15, 0.2) is 0 Å². The van der Waals surface area contributed by atoms with Gasteiger partial charge in [-0.2, -0.15) is 0 Å². The molecule has 0 saturated heterocycles. The highest BCUT2D eigenvalue weighted by Crippen LogP contribution is 2.31. The Morgan fingerprint density at radius 1 is 1.15 bits per heavy atom. The number of anilines is 1. The largest absolute Gasteiger partial charge is 0.411 e. The van der Waals surface area contributed by atoms with Gasteiger partial charge in [0, 0.05) is 10.7 Å². The second-order valence-electron chi connectivity index (χ2n) is 5.65. The van der Waals surface area contributed by atoms with Gasteiger partial charge in [-0.1, -0.05) is 47.1 Å². The van der Waals surface area contributed by atoms with Gasteiger partial charge in [-0.15, -0.1) is 10.2 Å². The lowest BCUT2D eigenvalue weighted by Gasteiger charge is -2.08. The number of aromatic nitrogens is 2. The molecule has 3 rings (SSSR count). The Balaban J connectivity index is 1.62. The maximum Gasteiger partial charge on any atom is 0.277 e. The van der Waals surface area contributed by atoms with Crippen LogP contribution in [0.4, 0.5) is 5.69 Å². The molecule has 0 aliphatic rings. The number of hydrogen-bond acceptors (Lipinski definition) is 5. The molecule has 3 aromatic rings. The molecule has 0 fully saturated rings. The third kappa shape index (κ3) is 4.58.